The van der Waals surface area contributed by atoms with Gasteiger partial charge in [-0.1, -0.05) is 12.1 Å². The van der Waals surface area contributed by atoms with Crippen LogP contribution in [-0.2, 0) is 6.42 Å². The highest BCUT2D eigenvalue weighted by molar-refractivity contribution is 7.18. The second-order valence-corrected chi connectivity index (χ2v) is 6.02. The maximum absolute atomic E-state index is 14.2. The van der Waals surface area contributed by atoms with E-state index in [1.54, 1.807) is 11.3 Å². The Morgan fingerprint density at radius 2 is 2.33 bits per heavy atom. The highest BCUT2D eigenvalue weighted by Gasteiger charge is 2.24. The number of nitrogens with one attached hydrogen (secondary N) is 1. The van der Waals surface area contributed by atoms with E-state index in [0.717, 1.165) is 41.2 Å². The largest absolute Gasteiger partial charge is 0.316 e. The average Bonchev–Trinajstić information content (AvgIpc) is 2.82. The lowest BCUT2D eigenvalue weighted by molar-refractivity contribution is 0.191. The van der Waals surface area contributed by atoms with Crippen molar-refractivity contribution in [2.24, 2.45) is 5.92 Å². The summed E-state index contributed by atoms with van der Waals surface area (Å²) in [7, 11) is 0. The number of nitrogens with zero attached hydrogens (tertiary/aromatic N) is 1. The summed E-state index contributed by atoms with van der Waals surface area (Å²) in [5, 5.41) is 4.20. The van der Waals surface area contributed by atoms with E-state index in [2.05, 4.69) is 10.3 Å². The van der Waals surface area contributed by atoms with Gasteiger partial charge in [-0.3, -0.25) is 0 Å². The SMILES string of the molecule is FC(Cc1nc2ccccc2s1)C1CCCNC1. The summed E-state index contributed by atoms with van der Waals surface area (Å²) >= 11 is 1.62. The van der Waals surface area contributed by atoms with Gasteiger partial charge in [-0.15, -0.1) is 11.3 Å². The summed E-state index contributed by atoms with van der Waals surface area (Å²) < 4.78 is 15.4. The fraction of sp³-hybridized carbons (Fsp3) is 0.500. The molecular formula is C14H17FN2S. The van der Waals surface area contributed by atoms with Crippen molar-refractivity contribution < 1.29 is 4.39 Å². The molecule has 0 saturated carbocycles. The highest BCUT2D eigenvalue weighted by atomic mass is 32.1. The Hall–Kier alpha value is -1.00. The maximum Gasteiger partial charge on any atom is 0.110 e. The zero-order chi connectivity index (χ0) is 12.4. The molecule has 1 aliphatic heterocycles. The Kier molecular flexibility index (Phi) is 3.57. The smallest absolute Gasteiger partial charge is 0.110 e. The minimum atomic E-state index is -0.765. The fourth-order valence-electron chi connectivity index (χ4n) is 2.53. The molecule has 2 nitrogen and oxygen atoms in total. The number of aromatic nitrogens is 1. The number of fused-ring (bicyclic) bond motifs is 1. The Bertz CT molecular complexity index is 486. The average molecular weight is 264 g/mol. The van der Waals surface area contributed by atoms with Crippen LogP contribution in [0.25, 0.3) is 10.2 Å². The molecule has 2 atom stereocenters. The molecule has 1 aromatic carbocycles. The van der Waals surface area contributed by atoms with Crippen LogP contribution in [0.5, 0.6) is 0 Å². The molecular weight excluding hydrogens is 247 g/mol. The first-order valence-corrected chi connectivity index (χ1v) is 7.34. The third-order valence-electron chi connectivity index (χ3n) is 3.55. The van der Waals surface area contributed by atoms with Crippen LogP contribution in [0.15, 0.2) is 24.3 Å². The lowest BCUT2D eigenvalue weighted by atomic mass is 9.93. The van der Waals surface area contributed by atoms with Crippen LogP contribution in [0.4, 0.5) is 4.39 Å². The predicted octanol–water partition coefficient (Wildman–Crippen LogP) is 3.18. The molecule has 3 rings (SSSR count). The highest BCUT2D eigenvalue weighted by Crippen LogP contribution is 2.26. The van der Waals surface area contributed by atoms with Crippen molar-refractivity contribution in [3.8, 4) is 0 Å². The zero-order valence-corrected chi connectivity index (χ0v) is 11.0. The van der Waals surface area contributed by atoms with Crippen LogP contribution in [0.2, 0.25) is 0 Å². The quantitative estimate of drug-likeness (QED) is 0.921. The lowest BCUT2D eigenvalue weighted by Gasteiger charge is -2.25. The van der Waals surface area contributed by atoms with Crippen LogP contribution in [0.3, 0.4) is 0 Å². The first-order valence-electron chi connectivity index (χ1n) is 6.52. The second kappa shape index (κ2) is 5.33. The van der Waals surface area contributed by atoms with E-state index in [9.17, 15) is 4.39 Å². The molecule has 1 saturated heterocycles. The van der Waals surface area contributed by atoms with Crippen molar-refractivity contribution in [2.45, 2.75) is 25.4 Å². The molecule has 2 aromatic rings. The van der Waals surface area contributed by atoms with Crippen LogP contribution >= 0.6 is 11.3 Å². The molecule has 1 N–H and O–H groups in total. The lowest BCUT2D eigenvalue weighted by Crippen LogP contribution is -2.35. The number of para-hydroxylation sites is 1. The second-order valence-electron chi connectivity index (χ2n) is 4.90. The number of halogens is 1. The van der Waals surface area contributed by atoms with E-state index < -0.39 is 6.17 Å². The molecule has 96 valence electrons. The summed E-state index contributed by atoms with van der Waals surface area (Å²) in [6.45, 7) is 1.84. The van der Waals surface area contributed by atoms with Gasteiger partial charge in [0, 0.05) is 18.9 Å². The molecule has 2 heterocycles. The van der Waals surface area contributed by atoms with Gasteiger partial charge in [-0.2, -0.15) is 0 Å². The Labute approximate surface area is 110 Å². The van der Waals surface area contributed by atoms with E-state index in [-0.39, 0.29) is 5.92 Å². The van der Waals surface area contributed by atoms with Crippen molar-refractivity contribution in [1.29, 1.82) is 0 Å². The molecule has 18 heavy (non-hydrogen) atoms. The molecule has 1 fully saturated rings. The van der Waals surface area contributed by atoms with Crippen molar-refractivity contribution in [3.63, 3.8) is 0 Å². The first-order chi connectivity index (χ1) is 8.83. The van der Waals surface area contributed by atoms with Crippen molar-refractivity contribution in [3.05, 3.63) is 29.3 Å². The Morgan fingerprint density at radius 3 is 3.11 bits per heavy atom. The number of benzene rings is 1. The third kappa shape index (κ3) is 2.54. The standard InChI is InChI=1S/C14H17FN2S/c15-11(10-4-3-7-16-9-10)8-14-17-12-5-1-2-6-13(12)18-14/h1-2,5-6,10-11,16H,3-4,7-9H2. The van der Waals surface area contributed by atoms with Crippen LogP contribution < -0.4 is 5.32 Å². The van der Waals surface area contributed by atoms with E-state index in [1.807, 2.05) is 24.3 Å². The van der Waals surface area contributed by atoms with Gasteiger partial charge in [-0.25, -0.2) is 9.37 Å². The number of piperidine rings is 1. The van der Waals surface area contributed by atoms with Gasteiger partial charge >= 0.3 is 0 Å². The molecule has 0 radical (unpaired) electrons. The molecule has 0 amide bonds. The van der Waals surface area contributed by atoms with Gasteiger partial charge in [0.15, 0.2) is 0 Å². The summed E-state index contributed by atoms with van der Waals surface area (Å²) in [4.78, 5) is 4.51. The topological polar surface area (TPSA) is 24.9 Å². The molecule has 0 spiro atoms. The normalized spacial score (nSPS) is 22.2. The molecule has 1 aliphatic rings. The zero-order valence-electron chi connectivity index (χ0n) is 10.2. The summed E-state index contributed by atoms with van der Waals surface area (Å²) in [5.41, 5.74) is 0.992. The van der Waals surface area contributed by atoms with Gasteiger partial charge < -0.3 is 5.32 Å². The first kappa shape index (κ1) is 12.1. The van der Waals surface area contributed by atoms with Gasteiger partial charge in [0.25, 0.3) is 0 Å². The van der Waals surface area contributed by atoms with E-state index in [1.165, 1.54) is 0 Å². The van der Waals surface area contributed by atoms with Gasteiger partial charge in [0.1, 0.15) is 6.17 Å². The monoisotopic (exact) mass is 264 g/mol. The molecule has 1 aromatic heterocycles. The number of hydrogen-bond donors (Lipinski definition) is 1. The van der Waals surface area contributed by atoms with Crippen LogP contribution in [-0.4, -0.2) is 24.2 Å². The summed E-state index contributed by atoms with van der Waals surface area (Å²) in [5.74, 6) is 0.158. The number of thiazole rings is 1. The summed E-state index contributed by atoms with van der Waals surface area (Å²) in [6, 6.07) is 8.02. The minimum absolute atomic E-state index is 0.158. The van der Waals surface area contributed by atoms with Crippen molar-refractivity contribution in [1.82, 2.24) is 10.3 Å². The molecule has 2 unspecified atom stereocenters. The number of rotatable bonds is 3. The summed E-state index contributed by atoms with van der Waals surface area (Å²) in [6.07, 6.45) is 1.79. The fourth-order valence-corrected chi connectivity index (χ4v) is 3.53. The molecule has 0 aliphatic carbocycles. The number of hydrogen-bond acceptors (Lipinski definition) is 3. The van der Waals surface area contributed by atoms with Crippen molar-refractivity contribution >= 4 is 21.6 Å². The Morgan fingerprint density at radius 1 is 1.44 bits per heavy atom. The number of alkyl halides is 1. The molecule has 0 bridgehead atoms. The van der Waals surface area contributed by atoms with E-state index in [4.69, 9.17) is 0 Å². The van der Waals surface area contributed by atoms with Crippen LogP contribution in [0, 0.1) is 5.92 Å². The Balaban J connectivity index is 1.71. The van der Waals surface area contributed by atoms with Crippen molar-refractivity contribution in [2.75, 3.05) is 13.1 Å². The maximum atomic E-state index is 14.2. The van der Waals surface area contributed by atoms with Gasteiger partial charge in [0.05, 0.1) is 15.2 Å². The van der Waals surface area contributed by atoms with Gasteiger partial charge in [-0.05, 0) is 31.5 Å². The van der Waals surface area contributed by atoms with Crippen LogP contribution in [0.1, 0.15) is 17.8 Å². The van der Waals surface area contributed by atoms with E-state index >= 15 is 0 Å². The van der Waals surface area contributed by atoms with Gasteiger partial charge in [0.2, 0.25) is 0 Å². The predicted molar refractivity (Wildman–Crippen MR) is 73.8 cm³/mol. The minimum Gasteiger partial charge on any atom is -0.316 e. The molecule has 4 heteroatoms. The third-order valence-corrected chi connectivity index (χ3v) is 4.61. The van der Waals surface area contributed by atoms with E-state index in [0.29, 0.717) is 6.42 Å².